The molecule has 0 unspecified atom stereocenters. The van der Waals surface area contributed by atoms with E-state index in [-0.39, 0.29) is 0 Å². The van der Waals surface area contributed by atoms with Crippen LogP contribution < -0.4 is 5.32 Å². The van der Waals surface area contributed by atoms with E-state index in [0.29, 0.717) is 5.69 Å². The molecule has 6 heteroatoms. The molecule has 0 atom stereocenters. The molecule has 1 aromatic carbocycles. The molecule has 88 valence electrons. The molecule has 1 rings (SSSR count). The van der Waals surface area contributed by atoms with Crippen LogP contribution in [0.3, 0.4) is 0 Å². The van der Waals surface area contributed by atoms with E-state index in [2.05, 4.69) is 14.4 Å². The fourth-order valence-electron chi connectivity index (χ4n) is 1.16. The lowest BCUT2D eigenvalue weighted by atomic mass is 10.2. The maximum absolute atomic E-state index is 11.7. The highest BCUT2D eigenvalue weighted by molar-refractivity contribution is 7.72. The number of hydrogen-bond acceptors (Lipinski definition) is 4. The van der Waals surface area contributed by atoms with Gasteiger partial charge in [0.15, 0.2) is 0 Å². The van der Waals surface area contributed by atoms with Crippen molar-refractivity contribution in [3.05, 3.63) is 29.8 Å². The van der Waals surface area contributed by atoms with Crippen LogP contribution in [0.5, 0.6) is 0 Å². The fourth-order valence-corrected chi connectivity index (χ4v) is 1.90. The van der Waals surface area contributed by atoms with Crippen molar-refractivity contribution in [3.8, 4) is 0 Å². The Morgan fingerprint density at radius 3 is 2.44 bits per heavy atom. The molecule has 5 nitrogen and oxygen atoms in total. The third-order valence-corrected chi connectivity index (χ3v) is 3.57. The predicted octanol–water partition coefficient (Wildman–Crippen LogP) is 3.01. The summed E-state index contributed by atoms with van der Waals surface area (Å²) in [5.74, 6) is 0. The van der Waals surface area contributed by atoms with Gasteiger partial charge in [-0.3, -0.25) is 4.79 Å². The Labute approximate surface area is 94.3 Å². The van der Waals surface area contributed by atoms with Crippen LogP contribution in [-0.4, -0.2) is 19.9 Å². The number of benzene rings is 1. The number of hydrogen-bond donors (Lipinski definition) is 1. The van der Waals surface area contributed by atoms with Gasteiger partial charge >= 0.3 is 13.2 Å². The first kappa shape index (κ1) is 12.9. The summed E-state index contributed by atoms with van der Waals surface area (Å²) in [5, 5.41) is 2.47. The van der Waals surface area contributed by atoms with E-state index in [1.807, 2.05) is 13.0 Å². The van der Waals surface area contributed by atoms with E-state index >= 15 is 0 Å². The SMILES string of the molecule is COP(=O)(OC)C(=O)Nc1cccc(C)c1. The molecule has 0 aliphatic carbocycles. The van der Waals surface area contributed by atoms with Gasteiger partial charge in [-0.1, -0.05) is 12.1 Å². The van der Waals surface area contributed by atoms with Crippen molar-refractivity contribution < 1.29 is 18.4 Å². The van der Waals surface area contributed by atoms with Crippen molar-refractivity contribution in [2.45, 2.75) is 6.92 Å². The lowest BCUT2D eigenvalue weighted by Crippen LogP contribution is -2.12. The Hall–Kier alpha value is -1.16. The van der Waals surface area contributed by atoms with Gasteiger partial charge in [-0.2, -0.15) is 0 Å². The minimum absolute atomic E-state index is 0.555. The highest BCUT2D eigenvalue weighted by Gasteiger charge is 2.32. The van der Waals surface area contributed by atoms with Crippen LogP contribution in [0.4, 0.5) is 10.5 Å². The van der Waals surface area contributed by atoms with Crippen molar-refractivity contribution in [1.29, 1.82) is 0 Å². The molecule has 0 aliphatic rings. The molecular formula is C10H14NO4P. The smallest absolute Gasteiger partial charge is 0.316 e. The second-order valence-corrected chi connectivity index (χ2v) is 5.29. The van der Waals surface area contributed by atoms with Gasteiger partial charge in [0.2, 0.25) is 0 Å². The van der Waals surface area contributed by atoms with E-state index in [1.54, 1.807) is 18.2 Å². The van der Waals surface area contributed by atoms with E-state index in [0.717, 1.165) is 5.56 Å². The zero-order valence-electron chi connectivity index (χ0n) is 9.39. The zero-order valence-corrected chi connectivity index (χ0v) is 10.3. The monoisotopic (exact) mass is 243 g/mol. The molecule has 0 aromatic heterocycles. The summed E-state index contributed by atoms with van der Waals surface area (Å²) in [4.78, 5) is 11.6. The van der Waals surface area contributed by atoms with Crippen molar-refractivity contribution in [3.63, 3.8) is 0 Å². The molecule has 1 aromatic rings. The standard InChI is InChI=1S/C10H14NO4P/c1-8-5-4-6-9(7-8)11-10(12)16(13,14-2)15-3/h4-7H,1-3H3,(H,11,12). The van der Waals surface area contributed by atoms with Crippen molar-refractivity contribution >= 4 is 18.9 Å². The molecule has 0 fully saturated rings. The molecular weight excluding hydrogens is 229 g/mol. The second-order valence-electron chi connectivity index (χ2n) is 3.16. The van der Waals surface area contributed by atoms with Crippen molar-refractivity contribution in [2.24, 2.45) is 0 Å². The second kappa shape index (κ2) is 5.25. The van der Waals surface area contributed by atoms with Crippen LogP contribution in [0.2, 0.25) is 0 Å². The molecule has 0 spiro atoms. The maximum atomic E-state index is 11.7. The summed E-state index contributed by atoms with van der Waals surface area (Å²) >= 11 is 0. The largest absolute Gasteiger partial charge is 0.418 e. The number of carbonyl (C=O) groups is 1. The average molecular weight is 243 g/mol. The Morgan fingerprint density at radius 1 is 1.31 bits per heavy atom. The molecule has 0 radical (unpaired) electrons. The Kier molecular flexibility index (Phi) is 4.24. The van der Waals surface area contributed by atoms with E-state index in [4.69, 9.17) is 0 Å². The first-order valence-electron chi connectivity index (χ1n) is 4.61. The first-order chi connectivity index (χ1) is 7.51. The van der Waals surface area contributed by atoms with E-state index in [1.165, 1.54) is 14.2 Å². The normalized spacial score (nSPS) is 11.2. The summed E-state index contributed by atoms with van der Waals surface area (Å²) in [6.07, 6.45) is 0. The zero-order chi connectivity index (χ0) is 12.2. The molecule has 1 amide bonds. The van der Waals surface area contributed by atoms with Gasteiger partial charge in [-0.05, 0) is 24.6 Å². The van der Waals surface area contributed by atoms with Gasteiger partial charge in [0.25, 0.3) is 0 Å². The molecule has 1 N–H and O–H groups in total. The molecule has 0 aliphatic heterocycles. The van der Waals surface area contributed by atoms with E-state index < -0.39 is 13.2 Å². The van der Waals surface area contributed by atoms with Gasteiger partial charge in [0, 0.05) is 19.9 Å². The Balaban J connectivity index is 2.83. The van der Waals surface area contributed by atoms with Crippen LogP contribution in [0, 0.1) is 6.92 Å². The highest BCUT2D eigenvalue weighted by atomic mass is 31.2. The number of nitrogens with one attached hydrogen (secondary N) is 1. The third kappa shape index (κ3) is 2.92. The average Bonchev–Trinajstić information content (AvgIpc) is 2.28. The van der Waals surface area contributed by atoms with Crippen LogP contribution in [-0.2, 0) is 13.6 Å². The number of carbonyl (C=O) groups excluding carboxylic acids is 1. The van der Waals surface area contributed by atoms with Crippen molar-refractivity contribution in [2.75, 3.05) is 19.5 Å². The fraction of sp³-hybridized carbons (Fsp3) is 0.300. The molecule has 0 bridgehead atoms. The molecule has 0 saturated carbocycles. The first-order valence-corrected chi connectivity index (χ1v) is 6.16. The molecule has 0 saturated heterocycles. The number of aryl methyl sites for hydroxylation is 1. The van der Waals surface area contributed by atoms with Gasteiger partial charge in [-0.25, -0.2) is 4.57 Å². The number of anilines is 1. The summed E-state index contributed by atoms with van der Waals surface area (Å²) in [5.41, 5.74) is 0.768. The van der Waals surface area contributed by atoms with Crippen molar-refractivity contribution in [1.82, 2.24) is 0 Å². The Bertz CT molecular complexity index is 425. The lowest BCUT2D eigenvalue weighted by molar-refractivity contribution is 0.242. The summed E-state index contributed by atoms with van der Waals surface area (Å²) in [6.45, 7) is 1.89. The van der Waals surface area contributed by atoms with Crippen LogP contribution in [0.25, 0.3) is 0 Å². The minimum atomic E-state index is -3.70. The maximum Gasteiger partial charge on any atom is 0.418 e. The number of amides is 1. The van der Waals surface area contributed by atoms with Gasteiger partial charge in [0.1, 0.15) is 0 Å². The highest BCUT2D eigenvalue weighted by Crippen LogP contribution is 2.47. The summed E-state index contributed by atoms with van der Waals surface area (Å²) in [7, 11) is -1.37. The number of rotatable bonds is 4. The quantitative estimate of drug-likeness (QED) is 0.825. The molecule has 0 heterocycles. The summed E-state index contributed by atoms with van der Waals surface area (Å²) < 4.78 is 20.8. The van der Waals surface area contributed by atoms with Crippen LogP contribution >= 0.6 is 7.60 Å². The summed E-state index contributed by atoms with van der Waals surface area (Å²) in [6, 6.07) is 7.13. The Morgan fingerprint density at radius 2 is 1.94 bits per heavy atom. The van der Waals surface area contributed by atoms with Gasteiger partial charge < -0.3 is 14.4 Å². The third-order valence-electron chi connectivity index (χ3n) is 2.00. The topological polar surface area (TPSA) is 64.6 Å². The van der Waals surface area contributed by atoms with Crippen LogP contribution in [0.1, 0.15) is 5.56 Å². The minimum Gasteiger partial charge on any atom is -0.316 e. The van der Waals surface area contributed by atoms with Crippen LogP contribution in [0.15, 0.2) is 24.3 Å². The lowest BCUT2D eigenvalue weighted by Gasteiger charge is -2.13. The van der Waals surface area contributed by atoms with Gasteiger partial charge in [0.05, 0.1) is 0 Å². The van der Waals surface area contributed by atoms with Gasteiger partial charge in [-0.15, -0.1) is 0 Å². The molecule has 16 heavy (non-hydrogen) atoms. The van der Waals surface area contributed by atoms with E-state index in [9.17, 15) is 9.36 Å². The predicted molar refractivity (Wildman–Crippen MR) is 61.8 cm³/mol.